The van der Waals surface area contributed by atoms with Crippen LogP contribution in [-0.4, -0.2) is 62.9 Å². The molecule has 0 bridgehead atoms. The Bertz CT molecular complexity index is 1980. The summed E-state index contributed by atoms with van der Waals surface area (Å²) >= 11 is 0. The number of benzene rings is 2. The molecule has 1 atom stereocenters. The van der Waals surface area contributed by atoms with Crippen LogP contribution in [0.2, 0.25) is 0 Å². The van der Waals surface area contributed by atoms with Gasteiger partial charge in [-0.2, -0.15) is 5.10 Å². The number of aromatic nitrogens is 3. The van der Waals surface area contributed by atoms with Crippen molar-refractivity contribution in [3.05, 3.63) is 87.9 Å². The minimum Gasteiger partial charge on any atom is -0.482 e. The van der Waals surface area contributed by atoms with Crippen LogP contribution in [0.1, 0.15) is 86.8 Å². The van der Waals surface area contributed by atoms with E-state index in [-0.39, 0.29) is 48.9 Å². The number of hydrogen-bond acceptors (Lipinski definition) is 9. The molecule has 14 heteroatoms. The lowest BCUT2D eigenvalue weighted by atomic mass is 9.97. The zero-order valence-corrected chi connectivity index (χ0v) is 26.9. The molecule has 4 aromatic rings. The number of hydrogen-bond donors (Lipinski definition) is 4. The maximum atomic E-state index is 13.7. The summed E-state index contributed by atoms with van der Waals surface area (Å²) in [7, 11) is 0. The van der Waals surface area contributed by atoms with Crippen molar-refractivity contribution in [3.8, 4) is 5.75 Å². The van der Waals surface area contributed by atoms with E-state index in [1.165, 1.54) is 16.8 Å². The summed E-state index contributed by atoms with van der Waals surface area (Å²) in [4.78, 5) is 67.9. The number of ether oxygens (including phenoxy) is 2. The number of carbonyl (C=O) groups excluding carboxylic acids is 5. The number of amides is 4. The standard InChI is InChI=1S/C34H35N7O7/c1-18-20-8-9-23(22(20)7-6-21(18)31(44)36-16-30(43)48-34(2,3)4)40-33(46)26-14-25(38-28-11-12-37-41(26)28)32(45)35-15-19-5-10-27-24(13-19)39-29(42)17-47-27/h5-7,10-14,23H,8-9,15-17H2,1-4H3,(H,35,45)(H,36,44)(H,39,42)(H,40,46)/t23-/m0/s1. The number of anilines is 1. The Morgan fingerprint density at radius 1 is 1.04 bits per heavy atom. The fraction of sp³-hybridized carbons (Fsp3) is 0.324. The molecule has 14 nitrogen and oxygen atoms in total. The lowest BCUT2D eigenvalue weighted by molar-refractivity contribution is -0.153. The molecule has 248 valence electrons. The number of esters is 1. The molecule has 0 unspecified atom stereocenters. The predicted molar refractivity (Wildman–Crippen MR) is 173 cm³/mol. The molecular weight excluding hydrogens is 618 g/mol. The van der Waals surface area contributed by atoms with E-state index in [0.717, 1.165) is 22.3 Å². The van der Waals surface area contributed by atoms with E-state index in [1.54, 1.807) is 51.1 Å². The van der Waals surface area contributed by atoms with Gasteiger partial charge in [-0.25, -0.2) is 9.50 Å². The van der Waals surface area contributed by atoms with Crippen LogP contribution in [0.15, 0.2) is 48.7 Å². The summed E-state index contributed by atoms with van der Waals surface area (Å²) in [5, 5.41) is 15.5. The highest BCUT2D eigenvalue weighted by Crippen LogP contribution is 2.35. The molecule has 0 spiro atoms. The summed E-state index contributed by atoms with van der Waals surface area (Å²) in [6.45, 7) is 6.97. The molecule has 6 rings (SSSR count). The molecule has 0 fully saturated rings. The number of rotatable bonds is 8. The Morgan fingerprint density at radius 2 is 1.85 bits per heavy atom. The number of carbonyl (C=O) groups is 5. The van der Waals surface area contributed by atoms with Crippen molar-refractivity contribution in [3.63, 3.8) is 0 Å². The number of nitrogens with zero attached hydrogens (tertiary/aromatic N) is 3. The van der Waals surface area contributed by atoms with Crippen LogP contribution in [0, 0.1) is 6.92 Å². The Morgan fingerprint density at radius 3 is 2.65 bits per heavy atom. The molecule has 1 aliphatic heterocycles. The van der Waals surface area contributed by atoms with E-state index in [2.05, 4.69) is 31.3 Å². The second kappa shape index (κ2) is 12.8. The third-order valence-corrected chi connectivity index (χ3v) is 8.01. The molecule has 4 N–H and O–H groups in total. The van der Waals surface area contributed by atoms with E-state index in [4.69, 9.17) is 9.47 Å². The van der Waals surface area contributed by atoms with Crippen molar-refractivity contribution < 1.29 is 33.4 Å². The Labute approximate surface area is 275 Å². The first-order chi connectivity index (χ1) is 22.9. The van der Waals surface area contributed by atoms with Gasteiger partial charge in [0.2, 0.25) is 0 Å². The minimum atomic E-state index is -0.654. The van der Waals surface area contributed by atoms with Crippen LogP contribution in [-0.2, 0) is 27.3 Å². The second-order valence-corrected chi connectivity index (χ2v) is 12.6. The van der Waals surface area contributed by atoms with Gasteiger partial charge in [0.05, 0.1) is 17.9 Å². The maximum Gasteiger partial charge on any atom is 0.325 e. The van der Waals surface area contributed by atoms with Crippen molar-refractivity contribution >= 4 is 40.9 Å². The highest BCUT2D eigenvalue weighted by molar-refractivity contribution is 5.99. The molecule has 1 aliphatic carbocycles. The topological polar surface area (TPSA) is 182 Å². The van der Waals surface area contributed by atoms with E-state index >= 15 is 0 Å². The van der Waals surface area contributed by atoms with Gasteiger partial charge in [-0.3, -0.25) is 24.0 Å². The fourth-order valence-electron chi connectivity index (χ4n) is 5.84. The lowest BCUT2D eigenvalue weighted by Crippen LogP contribution is -2.35. The average Bonchev–Trinajstić information content (AvgIpc) is 3.68. The third-order valence-electron chi connectivity index (χ3n) is 8.01. The molecule has 4 amide bonds. The summed E-state index contributed by atoms with van der Waals surface area (Å²) in [6, 6.07) is 11.4. The van der Waals surface area contributed by atoms with Gasteiger partial charge >= 0.3 is 5.97 Å². The number of nitrogens with one attached hydrogen (secondary N) is 4. The van der Waals surface area contributed by atoms with Gasteiger partial charge in [0.25, 0.3) is 23.6 Å². The second-order valence-electron chi connectivity index (χ2n) is 12.6. The smallest absolute Gasteiger partial charge is 0.325 e. The van der Waals surface area contributed by atoms with Crippen molar-refractivity contribution in [1.82, 2.24) is 30.5 Å². The van der Waals surface area contributed by atoms with Gasteiger partial charge in [-0.15, -0.1) is 0 Å². The Kier molecular flexibility index (Phi) is 8.56. The van der Waals surface area contributed by atoms with Crippen LogP contribution < -0.4 is 26.0 Å². The molecular formula is C34H35N7O7. The third kappa shape index (κ3) is 6.82. The van der Waals surface area contributed by atoms with Crippen LogP contribution in [0.5, 0.6) is 5.75 Å². The van der Waals surface area contributed by atoms with Crippen molar-refractivity contribution in [1.29, 1.82) is 0 Å². The average molecular weight is 654 g/mol. The van der Waals surface area contributed by atoms with Gasteiger partial charge in [0.1, 0.15) is 29.3 Å². The molecule has 48 heavy (non-hydrogen) atoms. The van der Waals surface area contributed by atoms with Crippen LogP contribution >= 0.6 is 0 Å². The molecule has 0 saturated carbocycles. The molecule has 2 aromatic heterocycles. The van der Waals surface area contributed by atoms with Crippen LogP contribution in [0.4, 0.5) is 5.69 Å². The van der Waals surface area contributed by atoms with E-state index in [0.29, 0.717) is 35.5 Å². The first-order valence-electron chi connectivity index (χ1n) is 15.5. The number of fused-ring (bicyclic) bond motifs is 3. The van der Waals surface area contributed by atoms with Gasteiger partial charge in [-0.1, -0.05) is 12.1 Å². The summed E-state index contributed by atoms with van der Waals surface area (Å²) < 4.78 is 12.0. The van der Waals surface area contributed by atoms with Gasteiger partial charge < -0.3 is 30.7 Å². The molecule has 0 radical (unpaired) electrons. The highest BCUT2D eigenvalue weighted by Gasteiger charge is 2.29. The quantitative estimate of drug-likeness (QED) is 0.208. The van der Waals surface area contributed by atoms with Crippen LogP contribution in [0.25, 0.3) is 5.65 Å². The minimum absolute atomic E-state index is 0.0347. The maximum absolute atomic E-state index is 13.7. The van der Waals surface area contributed by atoms with E-state index < -0.39 is 23.4 Å². The molecule has 2 aliphatic rings. The molecule has 3 heterocycles. The highest BCUT2D eigenvalue weighted by atomic mass is 16.6. The summed E-state index contributed by atoms with van der Waals surface area (Å²) in [5.74, 6) is -1.56. The van der Waals surface area contributed by atoms with E-state index in [9.17, 15) is 24.0 Å². The van der Waals surface area contributed by atoms with Crippen LogP contribution in [0.3, 0.4) is 0 Å². The molecule has 2 aromatic carbocycles. The summed E-state index contributed by atoms with van der Waals surface area (Å²) in [6.07, 6.45) is 2.74. The van der Waals surface area contributed by atoms with Crippen molar-refractivity contribution in [2.45, 2.75) is 58.7 Å². The normalized spacial score (nSPS) is 15.1. The predicted octanol–water partition coefficient (Wildman–Crippen LogP) is 2.79. The summed E-state index contributed by atoms with van der Waals surface area (Å²) in [5.41, 5.74) is 4.16. The van der Waals surface area contributed by atoms with E-state index in [1.807, 2.05) is 13.0 Å². The van der Waals surface area contributed by atoms with Gasteiger partial charge in [-0.05, 0) is 81.0 Å². The van der Waals surface area contributed by atoms with Gasteiger partial charge in [0.15, 0.2) is 12.3 Å². The largest absolute Gasteiger partial charge is 0.482 e. The van der Waals surface area contributed by atoms with Gasteiger partial charge in [0, 0.05) is 24.2 Å². The Balaban J connectivity index is 1.14. The first kappa shape index (κ1) is 32.2. The fourth-order valence-corrected chi connectivity index (χ4v) is 5.84. The lowest BCUT2D eigenvalue weighted by Gasteiger charge is -2.20. The van der Waals surface area contributed by atoms with Crippen molar-refractivity contribution in [2.75, 3.05) is 18.5 Å². The SMILES string of the molecule is Cc1c(C(=O)NCC(=O)OC(C)(C)C)ccc2c1CC[C@@H]2NC(=O)c1cc(C(=O)NCc2ccc3c(c2)NC(=O)CO3)nc2ccnn12. The molecule has 0 saturated heterocycles. The van der Waals surface area contributed by atoms with Crippen molar-refractivity contribution in [2.24, 2.45) is 0 Å². The first-order valence-corrected chi connectivity index (χ1v) is 15.5. The zero-order chi connectivity index (χ0) is 34.2. The Hall–Kier alpha value is -5.79. The monoisotopic (exact) mass is 653 g/mol. The zero-order valence-electron chi connectivity index (χ0n) is 26.9.